The molecular weight excluding hydrogens is 410 g/mol. The first-order valence-electron chi connectivity index (χ1n) is 10.2. The number of likely N-dealkylation sites (tertiary alicyclic amines) is 1. The van der Waals surface area contributed by atoms with Gasteiger partial charge in [-0.3, -0.25) is 9.59 Å². The maximum Gasteiger partial charge on any atom is 0.296 e. The minimum Gasteiger partial charge on any atom is -0.507 e. The standard InChI is InChI=1S/C25H23NO6/c1-3-31-19-12-11-17(14-20(19)30-2)22-21(23(27)16-8-5-4-6-9-16)24(28)25(29)26(22)15-18-10-7-13-32-18/h4-14,22,27H,3,15H2,1-2H3. The summed E-state index contributed by atoms with van der Waals surface area (Å²) in [6.07, 6.45) is 1.50. The minimum atomic E-state index is -0.829. The van der Waals surface area contributed by atoms with Gasteiger partial charge in [0.2, 0.25) is 0 Å². The Bertz CT molecular complexity index is 1150. The number of furan rings is 1. The maximum atomic E-state index is 13.1. The van der Waals surface area contributed by atoms with E-state index in [1.54, 1.807) is 60.7 Å². The molecule has 1 atom stereocenters. The van der Waals surface area contributed by atoms with Gasteiger partial charge in [-0.1, -0.05) is 36.4 Å². The molecule has 1 aliphatic heterocycles. The SMILES string of the molecule is CCOc1ccc(C2C(=C(O)c3ccccc3)C(=O)C(=O)N2Cc2ccco2)cc1OC. The molecular formula is C25H23NO6. The van der Waals surface area contributed by atoms with Gasteiger partial charge >= 0.3 is 0 Å². The first kappa shape index (κ1) is 21.2. The van der Waals surface area contributed by atoms with E-state index in [4.69, 9.17) is 13.9 Å². The third kappa shape index (κ3) is 3.85. The molecule has 0 aliphatic carbocycles. The molecule has 7 nitrogen and oxygen atoms in total. The Hall–Kier alpha value is -4.00. The summed E-state index contributed by atoms with van der Waals surface area (Å²) >= 11 is 0. The van der Waals surface area contributed by atoms with Crippen molar-refractivity contribution >= 4 is 17.4 Å². The van der Waals surface area contributed by atoms with E-state index >= 15 is 0 Å². The van der Waals surface area contributed by atoms with Gasteiger partial charge in [-0.2, -0.15) is 0 Å². The van der Waals surface area contributed by atoms with Crippen molar-refractivity contribution in [3.8, 4) is 11.5 Å². The van der Waals surface area contributed by atoms with Crippen LogP contribution in [0.2, 0.25) is 0 Å². The summed E-state index contributed by atoms with van der Waals surface area (Å²) in [4.78, 5) is 27.5. The number of amides is 1. The Morgan fingerprint density at radius 1 is 1.06 bits per heavy atom. The lowest BCUT2D eigenvalue weighted by Gasteiger charge is -2.25. The lowest BCUT2D eigenvalue weighted by Crippen LogP contribution is -2.29. The van der Waals surface area contributed by atoms with Gasteiger partial charge in [0, 0.05) is 5.56 Å². The molecule has 2 aromatic carbocycles. The monoisotopic (exact) mass is 433 g/mol. The molecule has 1 amide bonds. The molecule has 0 saturated carbocycles. The number of rotatable bonds is 7. The molecule has 0 bridgehead atoms. The van der Waals surface area contributed by atoms with Crippen molar-refractivity contribution in [2.75, 3.05) is 13.7 Å². The van der Waals surface area contributed by atoms with Crippen molar-refractivity contribution in [3.63, 3.8) is 0 Å². The fourth-order valence-electron chi connectivity index (χ4n) is 3.84. The van der Waals surface area contributed by atoms with Crippen molar-refractivity contribution in [2.24, 2.45) is 0 Å². The number of carbonyl (C=O) groups is 2. The van der Waals surface area contributed by atoms with Gasteiger partial charge in [0.25, 0.3) is 11.7 Å². The minimum absolute atomic E-state index is 0.0129. The summed E-state index contributed by atoms with van der Waals surface area (Å²) in [7, 11) is 1.52. The van der Waals surface area contributed by atoms with Crippen molar-refractivity contribution in [1.29, 1.82) is 0 Å². The van der Waals surface area contributed by atoms with Crippen LogP contribution >= 0.6 is 0 Å². The zero-order valence-corrected chi connectivity index (χ0v) is 17.8. The Labute approximate surface area is 185 Å². The first-order valence-corrected chi connectivity index (χ1v) is 10.2. The Morgan fingerprint density at radius 2 is 1.84 bits per heavy atom. The predicted octanol–water partition coefficient (Wildman–Crippen LogP) is 4.31. The number of methoxy groups -OCH3 is 1. The third-order valence-corrected chi connectivity index (χ3v) is 5.30. The maximum absolute atomic E-state index is 13.1. The molecule has 0 spiro atoms. The number of aliphatic hydroxyl groups is 1. The number of hydrogen-bond acceptors (Lipinski definition) is 6. The fraction of sp³-hybridized carbons (Fsp3) is 0.200. The molecule has 4 rings (SSSR count). The molecule has 1 fully saturated rings. The third-order valence-electron chi connectivity index (χ3n) is 5.30. The van der Waals surface area contributed by atoms with Gasteiger partial charge in [0.05, 0.1) is 38.1 Å². The largest absolute Gasteiger partial charge is 0.507 e. The van der Waals surface area contributed by atoms with Crippen LogP contribution in [0.15, 0.2) is 76.9 Å². The molecule has 0 radical (unpaired) electrons. The van der Waals surface area contributed by atoms with Gasteiger partial charge in [0.15, 0.2) is 11.5 Å². The topological polar surface area (TPSA) is 89.2 Å². The van der Waals surface area contributed by atoms with Gasteiger partial charge in [-0.05, 0) is 36.8 Å². The molecule has 1 N–H and O–H groups in total. The van der Waals surface area contributed by atoms with Crippen molar-refractivity contribution in [3.05, 3.63) is 89.4 Å². The van der Waals surface area contributed by atoms with E-state index in [-0.39, 0.29) is 17.9 Å². The van der Waals surface area contributed by atoms with E-state index in [9.17, 15) is 14.7 Å². The molecule has 3 aromatic rings. The average molecular weight is 433 g/mol. The molecule has 2 heterocycles. The normalized spacial score (nSPS) is 17.6. The van der Waals surface area contributed by atoms with Crippen LogP contribution in [0.5, 0.6) is 11.5 Å². The summed E-state index contributed by atoms with van der Waals surface area (Å²) in [5.74, 6) is -0.164. The van der Waals surface area contributed by atoms with Crippen LogP contribution in [0.25, 0.3) is 5.76 Å². The molecule has 32 heavy (non-hydrogen) atoms. The molecule has 164 valence electrons. The predicted molar refractivity (Wildman–Crippen MR) is 117 cm³/mol. The Kier molecular flexibility index (Phi) is 5.98. The van der Waals surface area contributed by atoms with Crippen molar-refractivity contribution in [2.45, 2.75) is 19.5 Å². The number of benzene rings is 2. The van der Waals surface area contributed by atoms with Crippen LogP contribution in [0.3, 0.4) is 0 Å². The number of carbonyl (C=O) groups excluding carboxylic acids is 2. The average Bonchev–Trinajstić information content (AvgIpc) is 3.42. The molecule has 1 aromatic heterocycles. The second kappa shape index (κ2) is 9.01. The smallest absolute Gasteiger partial charge is 0.296 e. The van der Waals surface area contributed by atoms with Crippen LogP contribution in [0.1, 0.15) is 29.9 Å². The zero-order chi connectivity index (χ0) is 22.7. The first-order chi connectivity index (χ1) is 15.5. The number of ether oxygens (including phenoxy) is 2. The zero-order valence-electron chi connectivity index (χ0n) is 17.8. The lowest BCUT2D eigenvalue weighted by atomic mass is 9.95. The molecule has 7 heteroatoms. The Balaban J connectivity index is 1.87. The summed E-state index contributed by atoms with van der Waals surface area (Å²) in [5.41, 5.74) is 1.07. The molecule has 1 unspecified atom stereocenters. The molecule has 1 saturated heterocycles. The van der Waals surface area contributed by atoms with Crippen molar-refractivity contribution < 1.29 is 28.6 Å². The van der Waals surface area contributed by atoms with Crippen LogP contribution in [-0.2, 0) is 16.1 Å². The summed E-state index contributed by atoms with van der Waals surface area (Å²) < 4.78 is 16.5. The summed E-state index contributed by atoms with van der Waals surface area (Å²) in [6.45, 7) is 2.40. The van der Waals surface area contributed by atoms with Crippen LogP contribution in [-0.4, -0.2) is 35.4 Å². The van der Waals surface area contributed by atoms with E-state index in [1.165, 1.54) is 18.3 Å². The van der Waals surface area contributed by atoms with Gasteiger partial charge < -0.3 is 23.9 Å². The number of hydrogen-bond donors (Lipinski definition) is 1. The Morgan fingerprint density at radius 3 is 2.50 bits per heavy atom. The van der Waals surface area contributed by atoms with Crippen LogP contribution in [0.4, 0.5) is 0 Å². The summed E-state index contributed by atoms with van der Waals surface area (Å²) in [6, 6.07) is 16.5. The highest BCUT2D eigenvalue weighted by Gasteiger charge is 2.46. The highest BCUT2D eigenvalue weighted by Crippen LogP contribution is 2.42. The van der Waals surface area contributed by atoms with Crippen molar-refractivity contribution in [1.82, 2.24) is 4.90 Å². The van der Waals surface area contributed by atoms with Gasteiger partial charge in [0.1, 0.15) is 11.5 Å². The van der Waals surface area contributed by atoms with Gasteiger partial charge in [-0.25, -0.2) is 0 Å². The number of nitrogens with zero attached hydrogens (tertiary/aromatic N) is 1. The van der Waals surface area contributed by atoms with E-state index < -0.39 is 17.7 Å². The summed E-state index contributed by atoms with van der Waals surface area (Å²) in [5, 5.41) is 11.0. The fourth-order valence-corrected chi connectivity index (χ4v) is 3.84. The quantitative estimate of drug-likeness (QED) is 0.339. The highest BCUT2D eigenvalue weighted by molar-refractivity contribution is 6.46. The van der Waals surface area contributed by atoms with Crippen LogP contribution < -0.4 is 9.47 Å². The van der Waals surface area contributed by atoms with E-state index in [1.807, 2.05) is 6.92 Å². The lowest BCUT2D eigenvalue weighted by molar-refractivity contribution is -0.140. The number of Topliss-reactive ketones (excluding diaryl/α,β-unsaturated/α-hetero) is 1. The number of ketones is 1. The second-order valence-electron chi connectivity index (χ2n) is 7.22. The second-order valence-corrected chi connectivity index (χ2v) is 7.22. The highest BCUT2D eigenvalue weighted by atomic mass is 16.5. The van der Waals surface area contributed by atoms with Crippen LogP contribution in [0, 0.1) is 0 Å². The van der Waals surface area contributed by atoms with E-state index in [2.05, 4.69) is 0 Å². The number of aliphatic hydroxyl groups excluding tert-OH is 1. The molecule has 1 aliphatic rings. The van der Waals surface area contributed by atoms with E-state index in [0.717, 1.165) is 0 Å². The van der Waals surface area contributed by atoms with Gasteiger partial charge in [-0.15, -0.1) is 0 Å². The van der Waals surface area contributed by atoms with E-state index in [0.29, 0.717) is 35.0 Å².